The average molecular weight is 274 g/mol. The molecule has 4 N–H and O–H groups in total. The number of carboxylic acid groups (broad SMARTS) is 1. The Kier molecular flexibility index (Phi) is 9.16. The first-order chi connectivity index (χ1) is 8.88. The van der Waals surface area contributed by atoms with Crippen LogP contribution in [0.3, 0.4) is 0 Å². The molecule has 0 aliphatic rings. The summed E-state index contributed by atoms with van der Waals surface area (Å²) in [5, 5.41) is 11.6. The van der Waals surface area contributed by atoms with Crippen LogP contribution in [0.5, 0.6) is 0 Å². The fraction of sp³-hybridized carbons (Fsp3) is 0.846. The molecule has 0 aromatic rings. The van der Waals surface area contributed by atoms with Crippen LogP contribution in [0.4, 0.5) is 0 Å². The topological polar surface area (TPSA) is 102 Å². The molecule has 0 aliphatic carbocycles. The second-order valence-corrected chi connectivity index (χ2v) is 4.97. The highest BCUT2D eigenvalue weighted by Gasteiger charge is 2.16. The smallest absolute Gasteiger partial charge is 0.306 e. The summed E-state index contributed by atoms with van der Waals surface area (Å²) in [5.41, 5.74) is 5.70. The van der Waals surface area contributed by atoms with Crippen LogP contribution in [-0.2, 0) is 14.3 Å². The molecule has 6 nitrogen and oxygen atoms in total. The second-order valence-electron chi connectivity index (χ2n) is 4.97. The summed E-state index contributed by atoms with van der Waals surface area (Å²) in [7, 11) is 1.57. The van der Waals surface area contributed by atoms with Crippen molar-refractivity contribution in [2.75, 3.05) is 13.7 Å². The van der Waals surface area contributed by atoms with Crippen molar-refractivity contribution in [3.63, 3.8) is 0 Å². The van der Waals surface area contributed by atoms with Gasteiger partial charge < -0.3 is 20.9 Å². The number of aliphatic carboxylic acids is 1. The number of amides is 1. The molecule has 19 heavy (non-hydrogen) atoms. The monoisotopic (exact) mass is 274 g/mol. The Morgan fingerprint density at radius 3 is 2.42 bits per heavy atom. The normalized spacial score (nSPS) is 15.6. The quantitative estimate of drug-likeness (QED) is 0.545. The summed E-state index contributed by atoms with van der Waals surface area (Å²) in [4.78, 5) is 22.3. The number of methoxy groups -OCH3 is 1. The molecule has 0 aliphatic heterocycles. The molecule has 0 spiro atoms. The van der Waals surface area contributed by atoms with E-state index in [0.29, 0.717) is 19.4 Å². The van der Waals surface area contributed by atoms with Crippen molar-refractivity contribution >= 4 is 11.9 Å². The van der Waals surface area contributed by atoms with Crippen LogP contribution in [-0.4, -0.2) is 42.8 Å². The molecular weight excluding hydrogens is 248 g/mol. The number of rotatable bonds is 10. The van der Waals surface area contributed by atoms with Gasteiger partial charge in [-0.2, -0.15) is 0 Å². The van der Waals surface area contributed by atoms with Crippen LogP contribution in [0.2, 0.25) is 0 Å². The van der Waals surface area contributed by atoms with Gasteiger partial charge in [0.2, 0.25) is 5.91 Å². The lowest BCUT2D eigenvalue weighted by Crippen LogP contribution is -2.44. The predicted molar refractivity (Wildman–Crippen MR) is 72.7 cm³/mol. The van der Waals surface area contributed by atoms with Gasteiger partial charge in [0.15, 0.2) is 0 Å². The lowest BCUT2D eigenvalue weighted by Gasteiger charge is -2.17. The second kappa shape index (κ2) is 9.75. The van der Waals surface area contributed by atoms with E-state index in [1.807, 2.05) is 6.92 Å². The zero-order chi connectivity index (χ0) is 14.8. The van der Waals surface area contributed by atoms with Crippen molar-refractivity contribution in [3.8, 4) is 0 Å². The summed E-state index contributed by atoms with van der Waals surface area (Å²) < 4.78 is 4.87. The number of carbonyl (C=O) groups is 2. The predicted octanol–water partition coefficient (Wildman–Crippen LogP) is 0.746. The van der Waals surface area contributed by atoms with E-state index < -0.39 is 12.0 Å². The van der Waals surface area contributed by atoms with E-state index in [9.17, 15) is 9.59 Å². The molecule has 112 valence electrons. The van der Waals surface area contributed by atoms with Crippen molar-refractivity contribution in [2.45, 2.75) is 51.6 Å². The average Bonchev–Trinajstić information content (AvgIpc) is 2.35. The number of ether oxygens (including phenoxy) is 1. The van der Waals surface area contributed by atoms with E-state index in [1.165, 1.54) is 0 Å². The number of hydrogen-bond acceptors (Lipinski definition) is 4. The van der Waals surface area contributed by atoms with Crippen LogP contribution in [0.15, 0.2) is 0 Å². The molecule has 0 aromatic carbocycles. The zero-order valence-electron chi connectivity index (χ0n) is 12.0. The van der Waals surface area contributed by atoms with Gasteiger partial charge in [-0.25, -0.2) is 0 Å². The highest BCUT2D eigenvalue weighted by Crippen LogP contribution is 2.09. The third-order valence-corrected chi connectivity index (χ3v) is 3.05. The van der Waals surface area contributed by atoms with Gasteiger partial charge in [-0.05, 0) is 26.2 Å². The molecule has 3 unspecified atom stereocenters. The Hall–Kier alpha value is -1.14. The number of nitrogens with two attached hydrogens (primary N) is 1. The Morgan fingerprint density at radius 2 is 1.89 bits per heavy atom. The van der Waals surface area contributed by atoms with E-state index in [4.69, 9.17) is 15.6 Å². The lowest BCUT2D eigenvalue weighted by atomic mass is 10.0. The maximum Gasteiger partial charge on any atom is 0.306 e. The van der Waals surface area contributed by atoms with Crippen molar-refractivity contribution in [3.05, 3.63) is 0 Å². The number of nitrogens with one attached hydrogen (secondary N) is 1. The van der Waals surface area contributed by atoms with Gasteiger partial charge in [0.05, 0.1) is 12.0 Å². The van der Waals surface area contributed by atoms with Crippen LogP contribution < -0.4 is 11.1 Å². The lowest BCUT2D eigenvalue weighted by molar-refractivity contribution is -0.141. The molecular formula is C13H26N2O4. The first kappa shape index (κ1) is 17.9. The Bertz CT molecular complexity index is 284. The van der Waals surface area contributed by atoms with Crippen LogP contribution in [0, 0.1) is 5.92 Å². The fourth-order valence-corrected chi connectivity index (χ4v) is 1.65. The summed E-state index contributed by atoms with van der Waals surface area (Å²) >= 11 is 0. The molecule has 0 heterocycles. The molecule has 0 fully saturated rings. The number of carbonyl (C=O) groups excluding carboxylic acids is 1. The SMILES string of the molecule is COCCC(N)C(=O)NC(C)CCCC(C)C(=O)O. The van der Waals surface area contributed by atoms with Crippen LogP contribution in [0.25, 0.3) is 0 Å². The maximum atomic E-state index is 11.7. The van der Waals surface area contributed by atoms with Gasteiger partial charge in [0.1, 0.15) is 0 Å². The van der Waals surface area contributed by atoms with Crippen molar-refractivity contribution in [1.29, 1.82) is 0 Å². The largest absolute Gasteiger partial charge is 0.481 e. The van der Waals surface area contributed by atoms with E-state index >= 15 is 0 Å². The van der Waals surface area contributed by atoms with Gasteiger partial charge >= 0.3 is 5.97 Å². The van der Waals surface area contributed by atoms with Gasteiger partial charge in [0.25, 0.3) is 0 Å². The van der Waals surface area contributed by atoms with Gasteiger partial charge in [-0.3, -0.25) is 9.59 Å². The fourth-order valence-electron chi connectivity index (χ4n) is 1.65. The van der Waals surface area contributed by atoms with E-state index in [-0.39, 0.29) is 17.9 Å². The van der Waals surface area contributed by atoms with E-state index in [0.717, 1.165) is 12.8 Å². The van der Waals surface area contributed by atoms with E-state index in [1.54, 1.807) is 14.0 Å². The molecule has 1 amide bonds. The molecule has 6 heteroatoms. The highest BCUT2D eigenvalue weighted by molar-refractivity contribution is 5.81. The minimum absolute atomic E-state index is 0.00193. The van der Waals surface area contributed by atoms with Crippen molar-refractivity contribution in [2.24, 2.45) is 11.7 Å². The Balaban J connectivity index is 3.81. The van der Waals surface area contributed by atoms with Crippen molar-refractivity contribution in [1.82, 2.24) is 5.32 Å². The van der Waals surface area contributed by atoms with Crippen LogP contribution in [0.1, 0.15) is 39.5 Å². The molecule has 0 rings (SSSR count). The molecule has 0 radical (unpaired) electrons. The minimum Gasteiger partial charge on any atom is -0.481 e. The van der Waals surface area contributed by atoms with Gasteiger partial charge in [-0.1, -0.05) is 13.3 Å². The minimum atomic E-state index is -0.779. The summed E-state index contributed by atoms with van der Waals surface area (Å²) in [6, 6.07) is -0.553. The molecule has 0 bridgehead atoms. The maximum absolute atomic E-state index is 11.7. The van der Waals surface area contributed by atoms with Gasteiger partial charge in [-0.15, -0.1) is 0 Å². The molecule has 0 saturated heterocycles. The summed E-state index contributed by atoms with van der Waals surface area (Å²) in [5.74, 6) is -1.30. The highest BCUT2D eigenvalue weighted by atomic mass is 16.5. The first-order valence-corrected chi connectivity index (χ1v) is 6.66. The third-order valence-electron chi connectivity index (χ3n) is 3.05. The summed E-state index contributed by atoms with van der Waals surface area (Å²) in [6.45, 7) is 4.04. The molecule has 3 atom stereocenters. The standard InChI is InChI=1S/C13H26N2O4/c1-9(13(17)18)5-4-6-10(2)15-12(16)11(14)7-8-19-3/h9-11H,4-8,14H2,1-3H3,(H,15,16)(H,17,18). The molecule has 0 saturated carbocycles. The Labute approximate surface area is 114 Å². The number of hydrogen-bond donors (Lipinski definition) is 3. The third kappa shape index (κ3) is 8.56. The Morgan fingerprint density at radius 1 is 1.26 bits per heavy atom. The molecule has 0 aromatic heterocycles. The van der Waals surface area contributed by atoms with E-state index in [2.05, 4.69) is 5.32 Å². The first-order valence-electron chi connectivity index (χ1n) is 6.66. The zero-order valence-corrected chi connectivity index (χ0v) is 12.0. The van der Waals surface area contributed by atoms with Gasteiger partial charge in [0, 0.05) is 19.8 Å². The van der Waals surface area contributed by atoms with Crippen molar-refractivity contribution < 1.29 is 19.4 Å². The summed E-state index contributed by atoms with van der Waals surface area (Å²) in [6.07, 6.45) is 2.62. The number of carboxylic acids is 1. The van der Waals surface area contributed by atoms with Crippen LogP contribution >= 0.6 is 0 Å².